The minimum Gasteiger partial charge on any atom is -0.329 e. The van der Waals surface area contributed by atoms with Crippen LogP contribution in [0.2, 0.25) is 0 Å². The number of benzene rings is 1. The summed E-state index contributed by atoms with van der Waals surface area (Å²) in [5.74, 6) is 0.0997. The van der Waals surface area contributed by atoms with Gasteiger partial charge >= 0.3 is 0 Å². The zero-order chi connectivity index (χ0) is 17.3. The highest BCUT2D eigenvalue weighted by Crippen LogP contribution is 2.26. The number of amides is 1. The van der Waals surface area contributed by atoms with Gasteiger partial charge in [-0.3, -0.25) is 4.79 Å². The molecule has 24 heavy (non-hydrogen) atoms. The number of thiophene rings is 1. The highest BCUT2D eigenvalue weighted by Gasteiger charge is 2.35. The fraction of sp³-hybridized carbons (Fsp3) is 0.353. The zero-order valence-corrected chi connectivity index (χ0v) is 16.5. The minimum absolute atomic E-state index is 0.0552. The molecule has 0 unspecified atom stereocenters. The lowest BCUT2D eigenvalue weighted by Gasteiger charge is -2.28. The largest absolute Gasteiger partial charge is 0.329 e. The summed E-state index contributed by atoms with van der Waals surface area (Å²) in [5.41, 5.74) is 1.71. The second-order valence-electron chi connectivity index (χ2n) is 6.02. The van der Waals surface area contributed by atoms with E-state index in [9.17, 15) is 13.2 Å². The number of halogens is 1. The zero-order valence-electron chi connectivity index (χ0n) is 13.2. The predicted octanol–water partition coefficient (Wildman–Crippen LogP) is 3.65. The van der Waals surface area contributed by atoms with Crippen LogP contribution in [0.5, 0.6) is 0 Å². The van der Waals surface area contributed by atoms with E-state index in [0.717, 1.165) is 14.9 Å². The summed E-state index contributed by atoms with van der Waals surface area (Å²) < 4.78 is 24.7. The lowest BCUT2D eigenvalue weighted by atomic mass is 10.1. The lowest BCUT2D eigenvalue weighted by molar-refractivity contribution is 0.0683. The van der Waals surface area contributed by atoms with Gasteiger partial charge in [-0.15, -0.1) is 11.3 Å². The number of nitrogens with zero attached hydrogens (tertiary/aromatic N) is 1. The second kappa shape index (κ2) is 6.98. The van der Waals surface area contributed by atoms with Crippen molar-refractivity contribution in [1.82, 2.24) is 4.90 Å². The first-order valence-corrected chi connectivity index (χ1v) is 11.1. The van der Waals surface area contributed by atoms with Crippen LogP contribution in [0.1, 0.15) is 27.2 Å². The van der Waals surface area contributed by atoms with Gasteiger partial charge in [0.2, 0.25) is 0 Å². The van der Waals surface area contributed by atoms with Crippen molar-refractivity contribution in [2.45, 2.75) is 25.9 Å². The molecular formula is C17H18BrNO3S2. The van der Waals surface area contributed by atoms with Gasteiger partial charge in [0, 0.05) is 21.0 Å². The fourth-order valence-electron chi connectivity index (χ4n) is 2.87. The SMILES string of the molecule is Cc1ccsc1CN(C(=O)c1ccc(Br)cc1)[C@@H]1CCS(=O)(=O)C1. The molecule has 0 N–H and O–H groups in total. The molecular weight excluding hydrogens is 410 g/mol. The van der Waals surface area contributed by atoms with Crippen LogP contribution in [0.4, 0.5) is 0 Å². The monoisotopic (exact) mass is 427 g/mol. The Kier molecular flexibility index (Phi) is 5.13. The van der Waals surface area contributed by atoms with Crippen LogP contribution >= 0.6 is 27.3 Å². The molecule has 2 aromatic rings. The van der Waals surface area contributed by atoms with Gasteiger partial charge in [0.25, 0.3) is 5.91 Å². The molecule has 1 aliphatic heterocycles. The van der Waals surface area contributed by atoms with Crippen LogP contribution < -0.4 is 0 Å². The van der Waals surface area contributed by atoms with Crippen LogP contribution in [0.25, 0.3) is 0 Å². The molecule has 0 radical (unpaired) electrons. The van der Waals surface area contributed by atoms with Crippen LogP contribution in [-0.2, 0) is 16.4 Å². The van der Waals surface area contributed by atoms with E-state index in [1.54, 1.807) is 28.4 Å². The summed E-state index contributed by atoms with van der Waals surface area (Å²) in [4.78, 5) is 15.8. The second-order valence-corrected chi connectivity index (χ2v) is 10.2. The normalized spacial score (nSPS) is 19.3. The number of rotatable bonds is 4. The summed E-state index contributed by atoms with van der Waals surface area (Å²) in [6.07, 6.45) is 0.509. The van der Waals surface area contributed by atoms with Crippen LogP contribution in [0.15, 0.2) is 40.2 Å². The molecule has 2 heterocycles. The lowest BCUT2D eigenvalue weighted by Crippen LogP contribution is -2.40. The number of hydrogen-bond acceptors (Lipinski definition) is 4. The van der Waals surface area contributed by atoms with Gasteiger partial charge < -0.3 is 4.90 Å². The first kappa shape index (κ1) is 17.6. The van der Waals surface area contributed by atoms with Crippen LogP contribution in [0, 0.1) is 6.92 Å². The summed E-state index contributed by atoms with van der Waals surface area (Å²) in [7, 11) is -3.05. The van der Waals surface area contributed by atoms with Gasteiger partial charge in [0.05, 0.1) is 18.1 Å². The molecule has 0 aliphatic carbocycles. The number of sulfone groups is 1. The fourth-order valence-corrected chi connectivity index (χ4v) is 5.77. The van der Waals surface area contributed by atoms with E-state index in [1.807, 2.05) is 30.5 Å². The van der Waals surface area contributed by atoms with Crippen LogP contribution in [0.3, 0.4) is 0 Å². The summed E-state index contributed by atoms with van der Waals surface area (Å²) in [5, 5.41) is 2.00. The van der Waals surface area contributed by atoms with Crippen molar-refractivity contribution < 1.29 is 13.2 Å². The van der Waals surface area contributed by atoms with Gasteiger partial charge in [-0.25, -0.2) is 8.42 Å². The Labute approximate surface area is 154 Å². The summed E-state index contributed by atoms with van der Waals surface area (Å²) in [6, 6.07) is 8.95. The molecule has 0 bridgehead atoms. The number of carbonyl (C=O) groups is 1. The van der Waals surface area contributed by atoms with E-state index in [-0.39, 0.29) is 23.5 Å². The topological polar surface area (TPSA) is 54.5 Å². The van der Waals surface area contributed by atoms with Gasteiger partial charge in [-0.1, -0.05) is 15.9 Å². The maximum Gasteiger partial charge on any atom is 0.254 e. The smallest absolute Gasteiger partial charge is 0.254 e. The number of aryl methyl sites for hydroxylation is 1. The number of hydrogen-bond donors (Lipinski definition) is 0. The average molecular weight is 428 g/mol. The van der Waals surface area contributed by atoms with Gasteiger partial charge in [-0.2, -0.15) is 0 Å². The molecule has 1 saturated heterocycles. The molecule has 7 heteroatoms. The molecule has 0 spiro atoms. The maximum atomic E-state index is 13.0. The van der Waals surface area contributed by atoms with E-state index in [1.165, 1.54) is 0 Å². The summed E-state index contributed by atoms with van der Waals surface area (Å²) in [6.45, 7) is 2.47. The predicted molar refractivity (Wildman–Crippen MR) is 100 cm³/mol. The van der Waals surface area contributed by atoms with Crippen molar-refractivity contribution in [3.05, 3.63) is 56.2 Å². The Morgan fingerprint density at radius 1 is 1.29 bits per heavy atom. The highest BCUT2D eigenvalue weighted by molar-refractivity contribution is 9.10. The van der Waals surface area contributed by atoms with E-state index >= 15 is 0 Å². The van der Waals surface area contributed by atoms with Crippen molar-refractivity contribution in [1.29, 1.82) is 0 Å². The van der Waals surface area contributed by atoms with Gasteiger partial charge in [0.15, 0.2) is 9.84 Å². The molecule has 1 aromatic carbocycles. The third-order valence-electron chi connectivity index (χ3n) is 4.28. The Balaban J connectivity index is 1.90. The third kappa shape index (κ3) is 3.90. The molecule has 1 atom stereocenters. The highest BCUT2D eigenvalue weighted by atomic mass is 79.9. The molecule has 128 valence electrons. The van der Waals surface area contributed by atoms with E-state index < -0.39 is 9.84 Å². The van der Waals surface area contributed by atoms with Crippen molar-refractivity contribution in [2.75, 3.05) is 11.5 Å². The van der Waals surface area contributed by atoms with Gasteiger partial charge in [-0.05, 0) is 54.6 Å². The maximum absolute atomic E-state index is 13.0. The Hall–Kier alpha value is -1.18. The molecule has 3 rings (SSSR count). The Morgan fingerprint density at radius 2 is 2.00 bits per heavy atom. The van der Waals surface area contributed by atoms with Crippen molar-refractivity contribution in [3.8, 4) is 0 Å². The first-order valence-electron chi connectivity index (χ1n) is 7.66. The first-order chi connectivity index (χ1) is 11.4. The van der Waals surface area contributed by atoms with Gasteiger partial charge in [0.1, 0.15) is 0 Å². The minimum atomic E-state index is -3.05. The van der Waals surface area contributed by atoms with E-state index in [4.69, 9.17) is 0 Å². The molecule has 1 aliphatic rings. The quantitative estimate of drug-likeness (QED) is 0.747. The standard InChI is InChI=1S/C17H18BrNO3S2/c1-12-6-8-23-16(12)10-19(15-7-9-24(21,22)11-15)17(20)13-2-4-14(18)5-3-13/h2-6,8,15H,7,9-11H2,1H3/t15-/m1/s1. The average Bonchev–Trinajstić information content (AvgIpc) is 3.10. The van der Waals surface area contributed by atoms with Crippen molar-refractivity contribution in [3.63, 3.8) is 0 Å². The van der Waals surface area contributed by atoms with Crippen molar-refractivity contribution in [2.24, 2.45) is 0 Å². The molecule has 1 aromatic heterocycles. The van der Waals surface area contributed by atoms with E-state index in [2.05, 4.69) is 15.9 Å². The van der Waals surface area contributed by atoms with Crippen LogP contribution in [-0.4, -0.2) is 36.8 Å². The van der Waals surface area contributed by atoms with Crippen molar-refractivity contribution >= 4 is 43.0 Å². The molecule has 0 saturated carbocycles. The number of carbonyl (C=O) groups excluding carboxylic acids is 1. The molecule has 4 nitrogen and oxygen atoms in total. The third-order valence-corrected chi connectivity index (χ3v) is 7.57. The molecule has 1 fully saturated rings. The Morgan fingerprint density at radius 3 is 2.54 bits per heavy atom. The molecule has 1 amide bonds. The van der Waals surface area contributed by atoms with E-state index in [0.29, 0.717) is 18.5 Å². The Bertz CT molecular complexity index is 843. The summed E-state index contributed by atoms with van der Waals surface area (Å²) >= 11 is 4.97.